The molecule has 0 bridgehead atoms. The molecule has 0 amide bonds. The van der Waals surface area contributed by atoms with Crippen molar-refractivity contribution in [3.63, 3.8) is 0 Å². The standard InChI is InChI=1S/C17H17N5S/c1-10(2)22-16-14(15(18)19-9-20-16)17(21-22)23-13-8-7-11-5-3-4-6-12(11)13/h3-6,8-10H,7H2,1-2H3,(H2,18,19,20). The Hall–Kier alpha value is -2.34. The second kappa shape index (κ2) is 5.38. The van der Waals surface area contributed by atoms with Gasteiger partial charge in [0.1, 0.15) is 17.2 Å². The number of aromatic nitrogens is 4. The molecule has 2 heterocycles. The van der Waals surface area contributed by atoms with Gasteiger partial charge in [0.25, 0.3) is 0 Å². The van der Waals surface area contributed by atoms with Crippen LogP contribution < -0.4 is 5.73 Å². The lowest BCUT2D eigenvalue weighted by Gasteiger charge is -2.05. The van der Waals surface area contributed by atoms with Crippen molar-refractivity contribution in [1.82, 2.24) is 19.7 Å². The first-order chi connectivity index (χ1) is 11.1. The minimum atomic E-state index is 0.214. The molecule has 1 aromatic carbocycles. The predicted octanol–water partition coefficient (Wildman–Crippen LogP) is 3.68. The lowest BCUT2D eigenvalue weighted by Crippen LogP contribution is -2.04. The van der Waals surface area contributed by atoms with Gasteiger partial charge in [0.15, 0.2) is 5.65 Å². The van der Waals surface area contributed by atoms with Crippen LogP contribution in [0.1, 0.15) is 31.0 Å². The van der Waals surface area contributed by atoms with E-state index in [1.807, 2.05) is 4.68 Å². The molecule has 0 saturated carbocycles. The van der Waals surface area contributed by atoms with Gasteiger partial charge in [0.2, 0.25) is 0 Å². The molecule has 2 N–H and O–H groups in total. The first-order valence-electron chi connectivity index (χ1n) is 7.60. The van der Waals surface area contributed by atoms with E-state index >= 15 is 0 Å². The first-order valence-corrected chi connectivity index (χ1v) is 8.41. The summed E-state index contributed by atoms with van der Waals surface area (Å²) in [4.78, 5) is 9.74. The summed E-state index contributed by atoms with van der Waals surface area (Å²) in [5.41, 5.74) is 9.53. The van der Waals surface area contributed by atoms with E-state index in [0.717, 1.165) is 22.5 Å². The molecule has 0 radical (unpaired) electrons. The van der Waals surface area contributed by atoms with Gasteiger partial charge in [0.05, 0.1) is 5.39 Å². The second-order valence-electron chi connectivity index (χ2n) is 5.83. The fraction of sp³-hybridized carbons (Fsp3) is 0.235. The van der Waals surface area contributed by atoms with Crippen LogP contribution in [0.3, 0.4) is 0 Å². The van der Waals surface area contributed by atoms with Crippen molar-refractivity contribution in [1.29, 1.82) is 0 Å². The van der Waals surface area contributed by atoms with Gasteiger partial charge < -0.3 is 5.73 Å². The molecule has 0 atom stereocenters. The number of hydrogen-bond acceptors (Lipinski definition) is 5. The molecule has 0 aliphatic heterocycles. The summed E-state index contributed by atoms with van der Waals surface area (Å²) in [5.74, 6) is 0.483. The van der Waals surface area contributed by atoms with E-state index in [2.05, 4.69) is 54.2 Å². The molecule has 2 aromatic heterocycles. The van der Waals surface area contributed by atoms with E-state index in [4.69, 9.17) is 10.8 Å². The summed E-state index contributed by atoms with van der Waals surface area (Å²) in [6.45, 7) is 4.17. The summed E-state index contributed by atoms with van der Waals surface area (Å²) in [7, 11) is 0. The number of thioether (sulfide) groups is 1. The third-order valence-electron chi connectivity index (χ3n) is 3.97. The molecule has 0 spiro atoms. The molecule has 0 unspecified atom stereocenters. The van der Waals surface area contributed by atoms with E-state index in [9.17, 15) is 0 Å². The second-order valence-corrected chi connectivity index (χ2v) is 6.86. The van der Waals surface area contributed by atoms with Gasteiger partial charge in [-0.15, -0.1) is 0 Å². The molecular weight excluding hydrogens is 306 g/mol. The van der Waals surface area contributed by atoms with Gasteiger partial charge in [-0.3, -0.25) is 0 Å². The summed E-state index contributed by atoms with van der Waals surface area (Å²) in [5, 5.41) is 6.46. The van der Waals surface area contributed by atoms with Crippen molar-refractivity contribution in [3.8, 4) is 0 Å². The minimum Gasteiger partial charge on any atom is -0.383 e. The van der Waals surface area contributed by atoms with Crippen LogP contribution in [-0.2, 0) is 6.42 Å². The summed E-state index contributed by atoms with van der Waals surface area (Å²) >= 11 is 1.64. The number of fused-ring (bicyclic) bond motifs is 2. The van der Waals surface area contributed by atoms with Gasteiger partial charge in [-0.05, 0) is 31.4 Å². The summed E-state index contributed by atoms with van der Waals surface area (Å²) in [6, 6.07) is 8.69. The molecule has 23 heavy (non-hydrogen) atoms. The maximum Gasteiger partial charge on any atom is 0.164 e. The van der Waals surface area contributed by atoms with Crippen molar-refractivity contribution in [2.24, 2.45) is 0 Å². The molecule has 6 heteroatoms. The van der Waals surface area contributed by atoms with Gasteiger partial charge >= 0.3 is 0 Å². The molecule has 1 aliphatic carbocycles. The van der Waals surface area contributed by atoms with Crippen LogP contribution in [-0.4, -0.2) is 19.7 Å². The third kappa shape index (κ3) is 2.30. The largest absolute Gasteiger partial charge is 0.383 e. The van der Waals surface area contributed by atoms with Crippen molar-refractivity contribution >= 4 is 33.5 Å². The number of allylic oxidation sites excluding steroid dienone is 1. The Kier molecular flexibility index (Phi) is 3.34. The third-order valence-corrected chi connectivity index (χ3v) is 5.06. The Morgan fingerprint density at radius 3 is 2.87 bits per heavy atom. The quantitative estimate of drug-likeness (QED) is 0.796. The van der Waals surface area contributed by atoms with Crippen LogP contribution in [0.4, 0.5) is 5.82 Å². The topological polar surface area (TPSA) is 69.6 Å². The number of nitrogen functional groups attached to an aromatic ring is 1. The zero-order valence-corrected chi connectivity index (χ0v) is 13.8. The smallest absolute Gasteiger partial charge is 0.164 e. The summed E-state index contributed by atoms with van der Waals surface area (Å²) < 4.78 is 1.91. The zero-order valence-electron chi connectivity index (χ0n) is 13.0. The highest BCUT2D eigenvalue weighted by Crippen LogP contribution is 2.42. The van der Waals surface area contributed by atoms with E-state index in [1.54, 1.807) is 11.8 Å². The van der Waals surface area contributed by atoms with Crippen LogP contribution in [0.2, 0.25) is 0 Å². The number of rotatable bonds is 3. The normalized spacial score (nSPS) is 13.6. The van der Waals surface area contributed by atoms with Gasteiger partial charge in [-0.2, -0.15) is 5.10 Å². The van der Waals surface area contributed by atoms with Crippen LogP contribution in [0, 0.1) is 0 Å². The number of anilines is 1. The molecule has 3 aromatic rings. The number of hydrogen-bond donors (Lipinski definition) is 1. The molecule has 0 saturated heterocycles. The van der Waals surface area contributed by atoms with Crippen LogP contribution in [0.15, 0.2) is 41.7 Å². The average molecular weight is 323 g/mol. The Morgan fingerprint density at radius 2 is 2.04 bits per heavy atom. The molecule has 5 nitrogen and oxygen atoms in total. The summed E-state index contributed by atoms with van der Waals surface area (Å²) in [6.07, 6.45) is 4.71. The van der Waals surface area contributed by atoms with Gasteiger partial charge in [0, 0.05) is 10.9 Å². The van der Waals surface area contributed by atoms with E-state index in [0.29, 0.717) is 5.82 Å². The Bertz CT molecular complexity index is 926. The molecule has 0 fully saturated rings. The minimum absolute atomic E-state index is 0.214. The molecule has 1 aliphatic rings. The van der Waals surface area contributed by atoms with E-state index in [1.165, 1.54) is 22.4 Å². The number of nitrogens with zero attached hydrogens (tertiary/aromatic N) is 4. The lowest BCUT2D eigenvalue weighted by atomic mass is 10.1. The van der Waals surface area contributed by atoms with Crippen molar-refractivity contribution in [3.05, 3.63) is 47.8 Å². The molecule has 4 rings (SSSR count). The monoisotopic (exact) mass is 323 g/mol. The van der Waals surface area contributed by atoms with Gasteiger partial charge in [-0.25, -0.2) is 14.6 Å². The van der Waals surface area contributed by atoms with Crippen molar-refractivity contribution in [2.75, 3.05) is 5.73 Å². The van der Waals surface area contributed by atoms with Crippen molar-refractivity contribution < 1.29 is 0 Å². The first kappa shape index (κ1) is 14.3. The lowest BCUT2D eigenvalue weighted by molar-refractivity contribution is 0.535. The Morgan fingerprint density at radius 1 is 1.22 bits per heavy atom. The molecule has 116 valence electrons. The van der Waals surface area contributed by atoms with Crippen molar-refractivity contribution in [2.45, 2.75) is 31.3 Å². The average Bonchev–Trinajstić information content (AvgIpc) is 3.11. The fourth-order valence-corrected chi connectivity index (χ4v) is 3.96. The van der Waals surface area contributed by atoms with Crippen LogP contribution in [0.5, 0.6) is 0 Å². The maximum atomic E-state index is 6.10. The highest BCUT2D eigenvalue weighted by molar-refractivity contribution is 8.08. The molecular formula is C17H17N5S. The number of benzene rings is 1. The SMILES string of the molecule is CC(C)n1nc(SC2=CCc3ccccc32)c2c(N)ncnc21. The highest BCUT2D eigenvalue weighted by atomic mass is 32.2. The Labute approximate surface area is 138 Å². The fourth-order valence-electron chi connectivity index (χ4n) is 2.85. The van der Waals surface area contributed by atoms with Gasteiger partial charge in [-0.1, -0.05) is 42.1 Å². The van der Waals surface area contributed by atoms with Crippen LogP contribution >= 0.6 is 11.8 Å². The van der Waals surface area contributed by atoms with E-state index < -0.39 is 0 Å². The van der Waals surface area contributed by atoms with Crippen LogP contribution in [0.25, 0.3) is 15.9 Å². The van der Waals surface area contributed by atoms with E-state index in [-0.39, 0.29) is 6.04 Å². The maximum absolute atomic E-state index is 6.10. The highest BCUT2D eigenvalue weighted by Gasteiger charge is 2.21. The predicted molar refractivity (Wildman–Crippen MR) is 94.1 cm³/mol. The number of nitrogens with two attached hydrogens (primary N) is 1. The zero-order chi connectivity index (χ0) is 16.0. The Balaban J connectivity index is 1.82.